The number of rotatable bonds is 5. The van der Waals surface area contributed by atoms with E-state index in [1.807, 2.05) is 29.3 Å². The van der Waals surface area contributed by atoms with Crippen LogP contribution in [0.25, 0.3) is 0 Å². The second-order valence-electron chi connectivity index (χ2n) is 8.56. The minimum Gasteiger partial charge on any atom is -0.396 e. The number of aliphatic imine (C=N–C) groups is 1. The molecule has 0 saturated carbocycles. The van der Waals surface area contributed by atoms with Gasteiger partial charge in [0.05, 0.1) is 18.7 Å². The van der Waals surface area contributed by atoms with E-state index < -0.39 is 0 Å². The first-order valence-electron chi connectivity index (χ1n) is 10.4. The largest absolute Gasteiger partial charge is 0.396 e. The van der Waals surface area contributed by atoms with Crippen molar-refractivity contribution in [1.82, 2.24) is 19.7 Å². The van der Waals surface area contributed by atoms with Gasteiger partial charge in [-0.2, -0.15) is 0 Å². The fourth-order valence-electron chi connectivity index (χ4n) is 5.09. The van der Waals surface area contributed by atoms with E-state index in [0.717, 1.165) is 62.2 Å². The first-order chi connectivity index (χ1) is 14.2. The molecule has 8 heteroatoms. The van der Waals surface area contributed by atoms with Gasteiger partial charge >= 0.3 is 0 Å². The number of aliphatic hydroxyl groups excluding tert-OH is 1. The van der Waals surface area contributed by atoms with Gasteiger partial charge in [-0.15, -0.1) is 0 Å². The van der Waals surface area contributed by atoms with Gasteiger partial charge in [0.1, 0.15) is 0 Å². The molecule has 0 spiro atoms. The van der Waals surface area contributed by atoms with E-state index in [4.69, 9.17) is 0 Å². The normalized spacial score (nSPS) is 28.9. The standard InChI is InChI=1S/C21H27N5O2S/c27-15-21-13-24(11-17-4-1-2-5-22-17)9-16(21)10-25(14-21)19(28)8-18-12-29-20-23-6-3-7-26(18)20/h1-2,4-5,12,16,27H,3,6-11,13-15H2. The molecular formula is C21H27N5O2S. The fourth-order valence-corrected chi connectivity index (χ4v) is 6.04. The molecule has 0 aromatic carbocycles. The summed E-state index contributed by atoms with van der Waals surface area (Å²) in [7, 11) is 0. The topological polar surface area (TPSA) is 72.3 Å². The summed E-state index contributed by atoms with van der Waals surface area (Å²) in [6.45, 7) is 5.87. The van der Waals surface area contributed by atoms with Crippen molar-refractivity contribution in [3.8, 4) is 0 Å². The number of hydrogen-bond acceptors (Lipinski definition) is 7. The molecule has 4 aliphatic rings. The number of amides is 1. The van der Waals surface area contributed by atoms with Crippen LogP contribution in [0.15, 0.2) is 40.5 Å². The number of pyridine rings is 1. The zero-order valence-corrected chi connectivity index (χ0v) is 17.4. The number of aliphatic hydroxyl groups is 1. The van der Waals surface area contributed by atoms with Crippen LogP contribution in [0.4, 0.5) is 0 Å². The third-order valence-corrected chi connectivity index (χ3v) is 7.56. The lowest BCUT2D eigenvalue weighted by molar-refractivity contribution is -0.130. The van der Waals surface area contributed by atoms with Crippen molar-refractivity contribution in [2.24, 2.45) is 16.3 Å². The number of aromatic nitrogens is 1. The number of hydrogen-bond donors (Lipinski definition) is 1. The molecule has 1 aromatic heterocycles. The van der Waals surface area contributed by atoms with E-state index in [0.29, 0.717) is 18.9 Å². The predicted molar refractivity (Wildman–Crippen MR) is 113 cm³/mol. The minimum atomic E-state index is -0.207. The molecular weight excluding hydrogens is 386 g/mol. The number of carbonyl (C=O) groups is 1. The molecule has 2 saturated heterocycles. The van der Waals surface area contributed by atoms with Crippen molar-refractivity contribution in [3.05, 3.63) is 41.2 Å². The Kier molecular flexibility index (Phi) is 5.09. The molecule has 5 rings (SSSR count). The number of thioether (sulfide) groups is 1. The monoisotopic (exact) mass is 413 g/mol. The molecule has 0 bridgehead atoms. The molecule has 0 aliphatic carbocycles. The fraction of sp³-hybridized carbons (Fsp3) is 0.571. The van der Waals surface area contributed by atoms with Gasteiger partial charge in [0.2, 0.25) is 5.91 Å². The lowest BCUT2D eigenvalue weighted by Gasteiger charge is -2.28. The molecule has 7 nitrogen and oxygen atoms in total. The number of fused-ring (bicyclic) bond motifs is 2. The molecule has 5 heterocycles. The quantitative estimate of drug-likeness (QED) is 0.786. The molecule has 2 unspecified atom stereocenters. The summed E-state index contributed by atoms with van der Waals surface area (Å²) in [5.41, 5.74) is 1.92. The maximum atomic E-state index is 13.0. The zero-order valence-electron chi connectivity index (χ0n) is 16.5. The molecule has 2 fully saturated rings. The Morgan fingerprint density at radius 2 is 2.24 bits per heavy atom. The van der Waals surface area contributed by atoms with Crippen LogP contribution in [-0.4, -0.2) is 81.7 Å². The lowest BCUT2D eigenvalue weighted by atomic mass is 9.82. The van der Waals surface area contributed by atoms with Gasteiger partial charge < -0.3 is 14.9 Å². The highest BCUT2D eigenvalue weighted by atomic mass is 32.2. The molecule has 1 aromatic rings. The number of nitrogens with zero attached hydrogens (tertiary/aromatic N) is 5. The van der Waals surface area contributed by atoms with Crippen molar-refractivity contribution < 1.29 is 9.90 Å². The van der Waals surface area contributed by atoms with E-state index in [2.05, 4.69) is 25.2 Å². The van der Waals surface area contributed by atoms with E-state index in [1.54, 1.807) is 11.8 Å². The third kappa shape index (κ3) is 3.58. The average Bonchev–Trinajstić information content (AvgIpc) is 3.40. The Bertz CT molecular complexity index is 845. The molecule has 1 N–H and O–H groups in total. The minimum absolute atomic E-state index is 0.127. The lowest BCUT2D eigenvalue weighted by Crippen LogP contribution is -2.39. The van der Waals surface area contributed by atoms with Gasteiger partial charge in [-0.1, -0.05) is 17.8 Å². The van der Waals surface area contributed by atoms with Gasteiger partial charge in [0.25, 0.3) is 0 Å². The van der Waals surface area contributed by atoms with Crippen LogP contribution in [0.3, 0.4) is 0 Å². The van der Waals surface area contributed by atoms with Crippen LogP contribution < -0.4 is 0 Å². The maximum absolute atomic E-state index is 13.0. The van der Waals surface area contributed by atoms with Crippen molar-refractivity contribution in [1.29, 1.82) is 0 Å². The summed E-state index contributed by atoms with van der Waals surface area (Å²) in [4.78, 5) is 28.6. The Balaban J connectivity index is 1.21. The molecule has 154 valence electrons. The molecule has 0 radical (unpaired) electrons. The van der Waals surface area contributed by atoms with Gasteiger partial charge in [0.15, 0.2) is 5.17 Å². The second kappa shape index (κ2) is 7.74. The van der Waals surface area contributed by atoms with E-state index in [-0.39, 0.29) is 17.9 Å². The average molecular weight is 414 g/mol. The van der Waals surface area contributed by atoms with E-state index >= 15 is 0 Å². The molecule has 2 atom stereocenters. The van der Waals surface area contributed by atoms with Gasteiger partial charge in [-0.25, -0.2) is 0 Å². The second-order valence-corrected chi connectivity index (χ2v) is 9.39. The summed E-state index contributed by atoms with van der Waals surface area (Å²) < 4.78 is 0. The van der Waals surface area contributed by atoms with Gasteiger partial charge in [-0.3, -0.25) is 19.7 Å². The van der Waals surface area contributed by atoms with Crippen LogP contribution in [0, 0.1) is 11.3 Å². The van der Waals surface area contributed by atoms with Crippen molar-refractivity contribution in [2.75, 3.05) is 45.9 Å². The SMILES string of the molecule is O=C(CC1=CSC2=NCCCN12)N1CC2CN(Cc3ccccn3)CC2(CO)C1. The van der Waals surface area contributed by atoms with Gasteiger partial charge in [-0.05, 0) is 29.9 Å². The first-order valence-corrected chi connectivity index (χ1v) is 11.2. The summed E-state index contributed by atoms with van der Waals surface area (Å²) >= 11 is 1.63. The maximum Gasteiger partial charge on any atom is 0.228 e. The summed E-state index contributed by atoms with van der Waals surface area (Å²) in [6.07, 6.45) is 3.29. The Morgan fingerprint density at radius 3 is 3.03 bits per heavy atom. The molecule has 1 amide bonds. The summed E-state index contributed by atoms with van der Waals surface area (Å²) in [5.74, 6) is 0.487. The Hall–Kier alpha value is -1.90. The summed E-state index contributed by atoms with van der Waals surface area (Å²) in [6, 6.07) is 5.98. The van der Waals surface area contributed by atoms with Gasteiger partial charge in [0, 0.05) is 63.1 Å². The van der Waals surface area contributed by atoms with Crippen LogP contribution in [0.1, 0.15) is 18.5 Å². The van der Waals surface area contributed by atoms with Crippen LogP contribution in [0.5, 0.6) is 0 Å². The molecule has 4 aliphatic heterocycles. The zero-order chi connectivity index (χ0) is 19.8. The van der Waals surface area contributed by atoms with E-state index in [9.17, 15) is 9.90 Å². The number of likely N-dealkylation sites (tertiary alicyclic amines) is 2. The smallest absolute Gasteiger partial charge is 0.228 e. The van der Waals surface area contributed by atoms with Crippen LogP contribution in [0.2, 0.25) is 0 Å². The van der Waals surface area contributed by atoms with Crippen molar-refractivity contribution in [2.45, 2.75) is 19.4 Å². The highest BCUT2D eigenvalue weighted by molar-refractivity contribution is 8.16. The number of carbonyl (C=O) groups excluding carboxylic acids is 1. The van der Waals surface area contributed by atoms with Crippen molar-refractivity contribution >= 4 is 22.8 Å². The van der Waals surface area contributed by atoms with E-state index in [1.165, 1.54) is 0 Å². The summed E-state index contributed by atoms with van der Waals surface area (Å²) in [5, 5.41) is 13.3. The Labute approximate surface area is 175 Å². The molecule has 29 heavy (non-hydrogen) atoms. The third-order valence-electron chi connectivity index (χ3n) is 6.61. The Morgan fingerprint density at radius 1 is 1.31 bits per heavy atom. The van der Waals surface area contributed by atoms with Crippen LogP contribution >= 0.6 is 11.8 Å². The predicted octanol–water partition coefficient (Wildman–Crippen LogP) is 1.37. The van der Waals surface area contributed by atoms with Crippen molar-refractivity contribution in [3.63, 3.8) is 0 Å². The highest BCUT2D eigenvalue weighted by Gasteiger charge is 2.53. The first kappa shape index (κ1) is 19.1. The highest BCUT2D eigenvalue weighted by Crippen LogP contribution is 2.43. The number of amidine groups is 1. The van der Waals surface area contributed by atoms with Crippen LogP contribution in [-0.2, 0) is 11.3 Å².